The molecule has 3 nitrogen and oxygen atoms in total. The van der Waals surface area contributed by atoms with Gasteiger partial charge in [0.15, 0.2) is 17.9 Å². The van der Waals surface area contributed by atoms with Gasteiger partial charge >= 0.3 is 0 Å². The van der Waals surface area contributed by atoms with Crippen LogP contribution < -0.4 is 9.47 Å². The van der Waals surface area contributed by atoms with Crippen LogP contribution in [-0.4, -0.2) is 13.4 Å². The topological polar surface area (TPSA) is 35.5 Å². The Morgan fingerprint density at radius 2 is 2.05 bits per heavy atom. The van der Waals surface area contributed by atoms with Crippen LogP contribution in [0, 0.1) is 5.82 Å². The van der Waals surface area contributed by atoms with Gasteiger partial charge in [0.1, 0.15) is 5.75 Å². The fraction of sp³-hybridized carbons (Fsp3) is 0.0714. The van der Waals surface area contributed by atoms with Crippen LogP contribution in [0.25, 0.3) is 0 Å². The summed E-state index contributed by atoms with van der Waals surface area (Å²) in [4.78, 5) is 10.6. The Kier molecular flexibility index (Phi) is 4.02. The zero-order chi connectivity index (χ0) is 13.8. The highest BCUT2D eigenvalue weighted by molar-refractivity contribution is 6.33. The second-order valence-corrected chi connectivity index (χ2v) is 4.08. The number of hydrogen-bond acceptors (Lipinski definition) is 3. The van der Waals surface area contributed by atoms with E-state index in [1.807, 2.05) is 0 Å². The van der Waals surface area contributed by atoms with E-state index >= 15 is 0 Å². The molecule has 0 spiro atoms. The van der Waals surface area contributed by atoms with Crippen molar-refractivity contribution in [1.29, 1.82) is 0 Å². The van der Waals surface area contributed by atoms with Crippen LogP contribution in [-0.2, 0) is 0 Å². The predicted octanol–water partition coefficient (Wildman–Crippen LogP) is 4.09. The molecule has 0 heterocycles. The minimum absolute atomic E-state index is 0.0279. The average molecular weight is 281 g/mol. The molecule has 0 aromatic heterocycles. The highest BCUT2D eigenvalue weighted by atomic mass is 35.5. The van der Waals surface area contributed by atoms with Crippen molar-refractivity contribution in [2.24, 2.45) is 0 Å². The Morgan fingerprint density at radius 1 is 1.26 bits per heavy atom. The first kappa shape index (κ1) is 13.4. The van der Waals surface area contributed by atoms with E-state index in [1.165, 1.54) is 37.4 Å². The molecule has 0 unspecified atom stereocenters. The number of halogens is 2. The van der Waals surface area contributed by atoms with Gasteiger partial charge in [0.2, 0.25) is 5.75 Å². The third-order valence-electron chi connectivity index (χ3n) is 2.47. The summed E-state index contributed by atoms with van der Waals surface area (Å²) in [5, 5.41) is 0.239. The van der Waals surface area contributed by atoms with Crippen LogP contribution >= 0.6 is 11.6 Å². The monoisotopic (exact) mass is 280 g/mol. The number of para-hydroxylation sites is 1. The van der Waals surface area contributed by atoms with Crippen molar-refractivity contribution in [2.45, 2.75) is 0 Å². The number of carbonyl (C=O) groups is 1. The molecular formula is C14H10ClFO3. The summed E-state index contributed by atoms with van der Waals surface area (Å²) < 4.78 is 24.1. The van der Waals surface area contributed by atoms with E-state index in [2.05, 4.69) is 0 Å². The highest BCUT2D eigenvalue weighted by Crippen LogP contribution is 2.35. The van der Waals surface area contributed by atoms with Gasteiger partial charge in [-0.05, 0) is 24.3 Å². The standard InChI is InChI=1S/C14H10ClFO3/c1-18-13-4-2-3-12(16)14(13)19-10-6-5-9(8-17)11(15)7-10/h2-8H,1H3. The molecule has 0 atom stereocenters. The van der Waals surface area contributed by atoms with Gasteiger partial charge in [0.25, 0.3) is 0 Å². The molecule has 0 aliphatic rings. The van der Waals surface area contributed by atoms with E-state index in [0.29, 0.717) is 17.6 Å². The summed E-state index contributed by atoms with van der Waals surface area (Å²) in [5.74, 6) is 0.0180. The summed E-state index contributed by atoms with van der Waals surface area (Å²) in [6.45, 7) is 0. The van der Waals surface area contributed by atoms with Crippen LogP contribution in [0.15, 0.2) is 36.4 Å². The molecule has 2 aromatic rings. The Labute approximate surface area is 114 Å². The molecular weight excluding hydrogens is 271 g/mol. The molecule has 2 aromatic carbocycles. The SMILES string of the molecule is COc1cccc(F)c1Oc1ccc(C=O)c(Cl)c1. The first-order chi connectivity index (χ1) is 9.15. The summed E-state index contributed by atoms with van der Waals surface area (Å²) in [6, 6.07) is 8.83. The van der Waals surface area contributed by atoms with Crippen molar-refractivity contribution >= 4 is 17.9 Å². The van der Waals surface area contributed by atoms with E-state index in [9.17, 15) is 9.18 Å². The van der Waals surface area contributed by atoms with Crippen molar-refractivity contribution in [3.8, 4) is 17.2 Å². The normalized spacial score (nSPS) is 10.1. The molecule has 0 bridgehead atoms. The van der Waals surface area contributed by atoms with Gasteiger partial charge in [-0.3, -0.25) is 4.79 Å². The van der Waals surface area contributed by atoms with Crippen molar-refractivity contribution in [3.63, 3.8) is 0 Å². The lowest BCUT2D eigenvalue weighted by Crippen LogP contribution is -1.94. The zero-order valence-corrected chi connectivity index (χ0v) is 10.8. The Balaban J connectivity index is 2.36. The number of aldehydes is 1. The second kappa shape index (κ2) is 5.71. The summed E-state index contributed by atoms with van der Waals surface area (Å²) in [5.41, 5.74) is 0.342. The average Bonchev–Trinajstić information content (AvgIpc) is 2.41. The summed E-state index contributed by atoms with van der Waals surface area (Å²) in [7, 11) is 1.42. The van der Waals surface area contributed by atoms with E-state index < -0.39 is 5.82 Å². The minimum atomic E-state index is -0.546. The maximum absolute atomic E-state index is 13.7. The number of ether oxygens (including phenoxy) is 2. The molecule has 0 fully saturated rings. The lowest BCUT2D eigenvalue weighted by molar-refractivity contribution is 0.112. The lowest BCUT2D eigenvalue weighted by Gasteiger charge is -2.11. The third-order valence-corrected chi connectivity index (χ3v) is 2.80. The molecule has 2 rings (SSSR count). The second-order valence-electron chi connectivity index (χ2n) is 3.67. The van der Waals surface area contributed by atoms with E-state index in [0.717, 1.165) is 0 Å². The summed E-state index contributed by atoms with van der Waals surface area (Å²) >= 11 is 5.87. The Hall–Kier alpha value is -2.07. The van der Waals surface area contributed by atoms with Gasteiger partial charge in [-0.1, -0.05) is 17.7 Å². The van der Waals surface area contributed by atoms with Gasteiger partial charge in [0, 0.05) is 11.6 Å². The van der Waals surface area contributed by atoms with E-state index in [4.69, 9.17) is 21.1 Å². The third kappa shape index (κ3) is 2.85. The number of hydrogen-bond donors (Lipinski definition) is 0. The van der Waals surface area contributed by atoms with Gasteiger partial charge in [0.05, 0.1) is 12.1 Å². The lowest BCUT2D eigenvalue weighted by atomic mass is 10.2. The fourth-order valence-corrected chi connectivity index (χ4v) is 1.75. The van der Waals surface area contributed by atoms with Crippen molar-refractivity contribution in [3.05, 3.63) is 52.8 Å². The molecule has 19 heavy (non-hydrogen) atoms. The maximum atomic E-state index is 13.7. The smallest absolute Gasteiger partial charge is 0.204 e. The molecule has 0 radical (unpaired) electrons. The molecule has 0 saturated heterocycles. The van der Waals surface area contributed by atoms with Crippen LogP contribution in [0.1, 0.15) is 10.4 Å². The zero-order valence-electron chi connectivity index (χ0n) is 10.0. The van der Waals surface area contributed by atoms with Crippen molar-refractivity contribution in [1.82, 2.24) is 0 Å². The number of benzene rings is 2. The number of methoxy groups -OCH3 is 1. The minimum Gasteiger partial charge on any atom is -0.493 e. The van der Waals surface area contributed by atoms with Crippen molar-refractivity contribution < 1.29 is 18.7 Å². The van der Waals surface area contributed by atoms with Crippen LogP contribution in [0.2, 0.25) is 5.02 Å². The van der Waals surface area contributed by atoms with E-state index in [1.54, 1.807) is 6.07 Å². The molecule has 98 valence electrons. The predicted molar refractivity (Wildman–Crippen MR) is 69.9 cm³/mol. The van der Waals surface area contributed by atoms with Crippen LogP contribution in [0.4, 0.5) is 4.39 Å². The van der Waals surface area contributed by atoms with Gasteiger partial charge in [-0.25, -0.2) is 4.39 Å². The van der Waals surface area contributed by atoms with Gasteiger partial charge in [-0.15, -0.1) is 0 Å². The molecule has 0 aliphatic heterocycles. The first-order valence-corrected chi connectivity index (χ1v) is 5.78. The quantitative estimate of drug-likeness (QED) is 0.791. The first-order valence-electron chi connectivity index (χ1n) is 5.41. The molecule has 5 heteroatoms. The molecule has 0 N–H and O–H groups in total. The summed E-state index contributed by atoms with van der Waals surface area (Å²) in [6.07, 6.45) is 0.635. The fourth-order valence-electron chi connectivity index (χ4n) is 1.53. The number of carbonyl (C=O) groups excluding carboxylic acids is 1. The maximum Gasteiger partial charge on any atom is 0.204 e. The largest absolute Gasteiger partial charge is 0.493 e. The molecule has 0 saturated carbocycles. The highest BCUT2D eigenvalue weighted by Gasteiger charge is 2.12. The Bertz CT molecular complexity index is 614. The van der Waals surface area contributed by atoms with E-state index in [-0.39, 0.29) is 16.5 Å². The molecule has 0 amide bonds. The van der Waals surface area contributed by atoms with Gasteiger partial charge < -0.3 is 9.47 Å². The molecule has 0 aliphatic carbocycles. The van der Waals surface area contributed by atoms with Crippen molar-refractivity contribution in [2.75, 3.05) is 7.11 Å². The Morgan fingerprint density at radius 3 is 2.68 bits per heavy atom. The van der Waals surface area contributed by atoms with Gasteiger partial charge in [-0.2, -0.15) is 0 Å². The number of rotatable bonds is 4. The van der Waals surface area contributed by atoms with Crippen LogP contribution in [0.5, 0.6) is 17.2 Å². The van der Waals surface area contributed by atoms with Crippen LogP contribution in [0.3, 0.4) is 0 Å².